The van der Waals surface area contributed by atoms with Crippen molar-refractivity contribution in [3.8, 4) is 11.5 Å². The summed E-state index contributed by atoms with van der Waals surface area (Å²) >= 11 is 0. The van der Waals surface area contributed by atoms with E-state index in [1.165, 1.54) is 0 Å². The van der Waals surface area contributed by atoms with Gasteiger partial charge >= 0.3 is 6.09 Å². The first-order valence-corrected chi connectivity index (χ1v) is 13.5. The summed E-state index contributed by atoms with van der Waals surface area (Å²) in [5.41, 5.74) is 8.98. The van der Waals surface area contributed by atoms with Gasteiger partial charge in [-0.05, 0) is 57.0 Å². The second-order valence-electron chi connectivity index (χ2n) is 11.4. The number of methoxy groups -OCH3 is 2. The van der Waals surface area contributed by atoms with Crippen LogP contribution in [-0.2, 0) is 21.6 Å². The first kappa shape index (κ1) is 27.4. The Morgan fingerprint density at radius 3 is 2.45 bits per heavy atom. The van der Waals surface area contributed by atoms with Crippen LogP contribution in [0.3, 0.4) is 0 Å². The van der Waals surface area contributed by atoms with E-state index in [2.05, 4.69) is 0 Å². The monoisotopic (exact) mass is 543 g/mol. The summed E-state index contributed by atoms with van der Waals surface area (Å²) in [4.78, 5) is 31.6. The van der Waals surface area contributed by atoms with E-state index in [0.29, 0.717) is 36.7 Å². The molecule has 0 saturated carbocycles. The number of nitrogen functional groups attached to an aromatic ring is 1. The third kappa shape index (κ3) is 4.72. The number of rotatable bonds is 5. The van der Waals surface area contributed by atoms with Crippen molar-refractivity contribution in [2.75, 3.05) is 31.4 Å². The first-order valence-electron chi connectivity index (χ1n) is 13.5. The lowest BCUT2D eigenvalue weighted by Gasteiger charge is -2.43. The molecule has 2 amide bonds. The predicted molar refractivity (Wildman–Crippen MR) is 155 cm³/mol. The number of hydrogen-bond donors (Lipinski definition) is 1. The van der Waals surface area contributed by atoms with Gasteiger partial charge in [-0.25, -0.2) is 4.79 Å². The topological polar surface area (TPSA) is 94.3 Å². The predicted octanol–water partition coefficient (Wildman–Crippen LogP) is 5.84. The van der Waals surface area contributed by atoms with E-state index in [-0.39, 0.29) is 18.2 Å². The van der Waals surface area contributed by atoms with Crippen LogP contribution in [0.25, 0.3) is 0 Å². The molecule has 0 aromatic heterocycles. The highest BCUT2D eigenvalue weighted by Crippen LogP contribution is 2.59. The minimum Gasteiger partial charge on any atom is -0.497 e. The maximum atomic E-state index is 14.0. The number of likely N-dealkylation sites (tertiary alicyclic amines) is 1. The van der Waals surface area contributed by atoms with Gasteiger partial charge in [0.1, 0.15) is 17.1 Å². The van der Waals surface area contributed by atoms with Crippen LogP contribution >= 0.6 is 0 Å². The summed E-state index contributed by atoms with van der Waals surface area (Å²) in [6.07, 6.45) is 0.232. The number of benzene rings is 3. The zero-order valence-electron chi connectivity index (χ0n) is 23.8. The standard InChI is InChI=1S/C32H37N3O5/c1-31(2,3)40-30(37)35-27-13-9-6-10-23(27)25-19-29(36)34(20-21-14-15-22(38-4)18-28(21)39-5)17-16-32(25,35)24-11-7-8-12-26(24)33/h6-15,18,25H,16-17,19-20,33H2,1-5H3/t25-,32+/m1/s1. The summed E-state index contributed by atoms with van der Waals surface area (Å²) in [6, 6.07) is 21.0. The van der Waals surface area contributed by atoms with Crippen LogP contribution in [0.2, 0.25) is 0 Å². The lowest BCUT2D eigenvalue weighted by Crippen LogP contribution is -2.51. The zero-order chi connectivity index (χ0) is 28.7. The number of para-hydroxylation sites is 2. The third-order valence-corrected chi connectivity index (χ3v) is 7.88. The van der Waals surface area contributed by atoms with Crippen LogP contribution in [0.15, 0.2) is 66.7 Å². The molecule has 1 saturated heterocycles. The molecule has 2 heterocycles. The van der Waals surface area contributed by atoms with Gasteiger partial charge in [0, 0.05) is 48.3 Å². The molecular weight excluding hydrogens is 506 g/mol. The minimum absolute atomic E-state index is 0.0000838. The number of carbonyl (C=O) groups is 2. The number of fused-ring (bicyclic) bond motifs is 3. The Kier molecular flexibility index (Phi) is 7.12. The van der Waals surface area contributed by atoms with Crippen molar-refractivity contribution in [2.24, 2.45) is 0 Å². The highest BCUT2D eigenvalue weighted by Gasteiger charge is 2.58. The van der Waals surface area contributed by atoms with Crippen molar-refractivity contribution < 1.29 is 23.8 Å². The van der Waals surface area contributed by atoms with E-state index in [1.807, 2.05) is 92.4 Å². The summed E-state index contributed by atoms with van der Waals surface area (Å²) in [6.45, 7) is 6.34. The third-order valence-electron chi connectivity index (χ3n) is 7.88. The van der Waals surface area contributed by atoms with E-state index in [1.54, 1.807) is 19.1 Å². The number of carbonyl (C=O) groups excluding carboxylic acids is 2. The van der Waals surface area contributed by atoms with E-state index >= 15 is 0 Å². The number of nitrogens with zero attached hydrogens (tertiary/aromatic N) is 2. The number of anilines is 2. The molecule has 0 spiro atoms. The van der Waals surface area contributed by atoms with Crippen LogP contribution < -0.4 is 20.1 Å². The van der Waals surface area contributed by atoms with Gasteiger partial charge in [0.2, 0.25) is 5.91 Å². The van der Waals surface area contributed by atoms with Crippen LogP contribution in [0, 0.1) is 0 Å². The normalized spacial score (nSPS) is 20.4. The molecular formula is C32H37N3O5. The van der Waals surface area contributed by atoms with Crippen molar-refractivity contribution in [1.82, 2.24) is 4.90 Å². The van der Waals surface area contributed by atoms with E-state index in [9.17, 15) is 9.59 Å². The Balaban J connectivity index is 1.62. The van der Waals surface area contributed by atoms with Gasteiger partial charge in [0.05, 0.1) is 25.4 Å². The fourth-order valence-electron chi connectivity index (χ4n) is 6.17. The van der Waals surface area contributed by atoms with Gasteiger partial charge in [-0.15, -0.1) is 0 Å². The summed E-state index contributed by atoms with van der Waals surface area (Å²) in [5, 5.41) is 0. The van der Waals surface area contributed by atoms with Gasteiger partial charge in [-0.2, -0.15) is 0 Å². The molecule has 0 unspecified atom stereocenters. The highest BCUT2D eigenvalue weighted by molar-refractivity contribution is 5.95. The van der Waals surface area contributed by atoms with Crippen LogP contribution in [0.1, 0.15) is 56.2 Å². The Morgan fingerprint density at radius 2 is 1.75 bits per heavy atom. The molecule has 0 bridgehead atoms. The zero-order valence-corrected chi connectivity index (χ0v) is 23.8. The molecule has 2 aliphatic heterocycles. The molecule has 8 nitrogen and oxygen atoms in total. The molecule has 3 aromatic carbocycles. The van der Waals surface area contributed by atoms with Crippen LogP contribution in [0.5, 0.6) is 11.5 Å². The molecule has 2 aliphatic rings. The smallest absolute Gasteiger partial charge is 0.415 e. The largest absolute Gasteiger partial charge is 0.497 e. The Labute approximate surface area is 235 Å². The lowest BCUT2D eigenvalue weighted by molar-refractivity contribution is -0.131. The van der Waals surface area contributed by atoms with Gasteiger partial charge in [0.25, 0.3) is 0 Å². The number of ether oxygens (including phenoxy) is 3. The van der Waals surface area contributed by atoms with E-state index < -0.39 is 17.2 Å². The van der Waals surface area contributed by atoms with Gasteiger partial charge < -0.3 is 24.8 Å². The molecule has 0 radical (unpaired) electrons. The van der Waals surface area contributed by atoms with Gasteiger partial charge in [0.15, 0.2) is 0 Å². The summed E-state index contributed by atoms with van der Waals surface area (Å²) < 4.78 is 16.9. The second kappa shape index (κ2) is 10.4. The minimum atomic E-state index is -0.911. The number of amides is 2. The highest BCUT2D eigenvalue weighted by atomic mass is 16.6. The van der Waals surface area contributed by atoms with Gasteiger partial charge in [-0.1, -0.05) is 36.4 Å². The maximum absolute atomic E-state index is 14.0. The number of hydrogen-bond acceptors (Lipinski definition) is 6. The summed E-state index contributed by atoms with van der Waals surface area (Å²) in [7, 11) is 3.21. The SMILES string of the molecule is COc1ccc(CN2CC[C@]3(c4ccccc4N)[C@H](CC2=O)c2ccccc2N3C(=O)OC(C)(C)C)c(OC)c1. The molecule has 5 rings (SSSR count). The van der Waals surface area contributed by atoms with Crippen molar-refractivity contribution in [3.05, 3.63) is 83.4 Å². The second-order valence-corrected chi connectivity index (χ2v) is 11.4. The summed E-state index contributed by atoms with van der Waals surface area (Å²) in [5.74, 6) is 1.02. The molecule has 210 valence electrons. The molecule has 40 heavy (non-hydrogen) atoms. The fraction of sp³-hybridized carbons (Fsp3) is 0.375. The van der Waals surface area contributed by atoms with Crippen LogP contribution in [0.4, 0.5) is 16.2 Å². The quantitative estimate of drug-likeness (QED) is 0.406. The van der Waals surface area contributed by atoms with Crippen molar-refractivity contribution >= 4 is 23.4 Å². The molecule has 3 aromatic rings. The molecule has 2 atom stereocenters. The van der Waals surface area contributed by atoms with Crippen molar-refractivity contribution in [2.45, 2.75) is 57.2 Å². The molecule has 1 fully saturated rings. The average molecular weight is 544 g/mol. The molecule has 2 N–H and O–H groups in total. The molecule has 0 aliphatic carbocycles. The average Bonchev–Trinajstić information content (AvgIpc) is 3.11. The van der Waals surface area contributed by atoms with E-state index in [0.717, 1.165) is 22.4 Å². The van der Waals surface area contributed by atoms with E-state index in [4.69, 9.17) is 19.9 Å². The first-order chi connectivity index (χ1) is 19.1. The maximum Gasteiger partial charge on any atom is 0.415 e. The van der Waals surface area contributed by atoms with Gasteiger partial charge in [-0.3, -0.25) is 9.69 Å². The Morgan fingerprint density at radius 1 is 1.02 bits per heavy atom. The Bertz CT molecular complexity index is 1430. The molecule has 8 heteroatoms. The van der Waals surface area contributed by atoms with Crippen molar-refractivity contribution in [3.63, 3.8) is 0 Å². The fourth-order valence-corrected chi connectivity index (χ4v) is 6.17. The lowest BCUT2D eigenvalue weighted by atomic mass is 9.73. The van der Waals surface area contributed by atoms with Crippen molar-refractivity contribution in [1.29, 1.82) is 0 Å². The van der Waals surface area contributed by atoms with Crippen LogP contribution in [-0.4, -0.2) is 43.3 Å². The number of nitrogens with two attached hydrogens (primary N) is 1. The Hall–Kier alpha value is -4.20.